The summed E-state index contributed by atoms with van der Waals surface area (Å²) in [5.41, 5.74) is 1.49. The summed E-state index contributed by atoms with van der Waals surface area (Å²) in [4.78, 5) is 0. The normalized spacial score (nSPS) is 11.2. The molecule has 0 aliphatic heterocycles. The summed E-state index contributed by atoms with van der Waals surface area (Å²) in [5, 5.41) is 17.5. The molecule has 2 rings (SSSR count). The molecule has 0 aliphatic carbocycles. The van der Waals surface area contributed by atoms with E-state index in [1.807, 2.05) is 37.3 Å². The Morgan fingerprint density at radius 2 is 1.55 bits per heavy atom. The van der Waals surface area contributed by atoms with Crippen LogP contribution < -0.4 is 4.74 Å². The smallest absolute Gasteiger partial charge is 0.128 e. The molecular formula is C16H16N2O2. The molecule has 0 aliphatic rings. The van der Waals surface area contributed by atoms with Crippen molar-refractivity contribution in [2.45, 2.75) is 6.92 Å². The number of benzene rings is 2. The van der Waals surface area contributed by atoms with Crippen LogP contribution in [-0.4, -0.2) is 24.1 Å². The molecule has 0 unspecified atom stereocenters. The molecule has 0 spiro atoms. The summed E-state index contributed by atoms with van der Waals surface area (Å²) >= 11 is 0. The minimum Gasteiger partial charge on any atom is -0.507 e. The standard InChI is InChI=1S/C16H16N2O2/c1-2-20-16-10-6-4-8-14(16)12-18-17-11-13-7-3-5-9-15(13)19/h3-12,19H,2H2,1H3/b17-11-,18-12-. The van der Waals surface area contributed by atoms with Crippen molar-refractivity contribution in [1.29, 1.82) is 0 Å². The third-order valence-corrected chi connectivity index (χ3v) is 2.62. The minimum atomic E-state index is 0.182. The Labute approximate surface area is 118 Å². The average molecular weight is 268 g/mol. The topological polar surface area (TPSA) is 54.2 Å². The van der Waals surface area contributed by atoms with E-state index in [4.69, 9.17) is 4.74 Å². The van der Waals surface area contributed by atoms with E-state index < -0.39 is 0 Å². The number of nitrogens with zero attached hydrogens (tertiary/aromatic N) is 2. The van der Waals surface area contributed by atoms with Gasteiger partial charge in [0.1, 0.15) is 11.5 Å². The molecule has 0 saturated heterocycles. The maximum atomic E-state index is 9.58. The molecule has 2 aromatic carbocycles. The number of phenols is 1. The Hall–Kier alpha value is -2.62. The molecule has 20 heavy (non-hydrogen) atoms. The van der Waals surface area contributed by atoms with Crippen molar-refractivity contribution in [3.05, 3.63) is 59.7 Å². The highest BCUT2D eigenvalue weighted by Gasteiger charge is 1.98. The van der Waals surface area contributed by atoms with Crippen LogP contribution in [0.25, 0.3) is 0 Å². The van der Waals surface area contributed by atoms with Gasteiger partial charge < -0.3 is 9.84 Å². The predicted octanol–water partition coefficient (Wildman–Crippen LogP) is 3.24. The van der Waals surface area contributed by atoms with E-state index in [1.54, 1.807) is 24.4 Å². The molecule has 0 saturated carbocycles. The maximum absolute atomic E-state index is 9.58. The first kappa shape index (κ1) is 13.8. The zero-order valence-electron chi connectivity index (χ0n) is 11.2. The van der Waals surface area contributed by atoms with Gasteiger partial charge in [-0.05, 0) is 31.2 Å². The molecular weight excluding hydrogens is 252 g/mol. The molecule has 102 valence electrons. The van der Waals surface area contributed by atoms with E-state index in [1.165, 1.54) is 6.21 Å². The summed E-state index contributed by atoms with van der Waals surface area (Å²) in [7, 11) is 0. The summed E-state index contributed by atoms with van der Waals surface area (Å²) < 4.78 is 5.49. The Morgan fingerprint density at radius 3 is 2.25 bits per heavy atom. The maximum Gasteiger partial charge on any atom is 0.128 e. The Balaban J connectivity index is 2.09. The zero-order valence-corrected chi connectivity index (χ0v) is 11.2. The highest BCUT2D eigenvalue weighted by molar-refractivity contribution is 5.86. The molecule has 0 amide bonds. The van der Waals surface area contributed by atoms with Gasteiger partial charge in [-0.1, -0.05) is 24.3 Å². The fourth-order valence-corrected chi connectivity index (χ4v) is 1.66. The van der Waals surface area contributed by atoms with Gasteiger partial charge in [-0.25, -0.2) is 0 Å². The van der Waals surface area contributed by atoms with Crippen LogP contribution in [0.15, 0.2) is 58.7 Å². The van der Waals surface area contributed by atoms with Crippen LogP contribution >= 0.6 is 0 Å². The highest BCUT2D eigenvalue weighted by atomic mass is 16.5. The number of hydrogen-bond donors (Lipinski definition) is 1. The largest absolute Gasteiger partial charge is 0.507 e. The van der Waals surface area contributed by atoms with Crippen molar-refractivity contribution >= 4 is 12.4 Å². The third-order valence-electron chi connectivity index (χ3n) is 2.62. The van der Waals surface area contributed by atoms with Crippen molar-refractivity contribution < 1.29 is 9.84 Å². The monoisotopic (exact) mass is 268 g/mol. The van der Waals surface area contributed by atoms with E-state index in [2.05, 4.69) is 10.2 Å². The predicted molar refractivity (Wildman–Crippen MR) is 80.9 cm³/mol. The molecule has 0 aromatic heterocycles. The van der Waals surface area contributed by atoms with Gasteiger partial charge in [0.25, 0.3) is 0 Å². The van der Waals surface area contributed by atoms with E-state index in [-0.39, 0.29) is 5.75 Å². The lowest BCUT2D eigenvalue weighted by atomic mass is 10.2. The van der Waals surface area contributed by atoms with E-state index in [0.717, 1.165) is 11.3 Å². The van der Waals surface area contributed by atoms with E-state index in [0.29, 0.717) is 12.2 Å². The zero-order chi connectivity index (χ0) is 14.2. The Kier molecular flexibility index (Phi) is 4.89. The van der Waals surface area contributed by atoms with Crippen LogP contribution in [0, 0.1) is 0 Å². The number of hydrogen-bond acceptors (Lipinski definition) is 4. The van der Waals surface area contributed by atoms with Gasteiger partial charge in [0.05, 0.1) is 19.0 Å². The van der Waals surface area contributed by atoms with Gasteiger partial charge in [0, 0.05) is 11.1 Å². The first-order valence-corrected chi connectivity index (χ1v) is 6.37. The molecule has 0 radical (unpaired) electrons. The molecule has 0 fully saturated rings. The third kappa shape index (κ3) is 3.68. The van der Waals surface area contributed by atoms with Crippen LogP contribution in [0.4, 0.5) is 0 Å². The summed E-state index contributed by atoms with van der Waals surface area (Å²) in [6, 6.07) is 14.6. The number of ether oxygens (including phenoxy) is 1. The Bertz CT molecular complexity index is 621. The first-order valence-electron chi connectivity index (χ1n) is 6.37. The van der Waals surface area contributed by atoms with Crippen LogP contribution in [0.2, 0.25) is 0 Å². The molecule has 0 atom stereocenters. The van der Waals surface area contributed by atoms with Crippen molar-refractivity contribution in [3.63, 3.8) is 0 Å². The van der Waals surface area contributed by atoms with Crippen molar-refractivity contribution in [1.82, 2.24) is 0 Å². The van der Waals surface area contributed by atoms with Gasteiger partial charge in [-0.15, -0.1) is 0 Å². The average Bonchev–Trinajstić information content (AvgIpc) is 2.47. The van der Waals surface area contributed by atoms with Crippen molar-refractivity contribution in [2.75, 3.05) is 6.61 Å². The fraction of sp³-hybridized carbons (Fsp3) is 0.125. The highest BCUT2D eigenvalue weighted by Crippen LogP contribution is 2.16. The lowest BCUT2D eigenvalue weighted by Crippen LogP contribution is -1.95. The molecule has 4 heteroatoms. The van der Waals surface area contributed by atoms with Gasteiger partial charge in [-0.3, -0.25) is 0 Å². The summed E-state index contributed by atoms with van der Waals surface area (Å²) in [6.07, 6.45) is 3.14. The number of aromatic hydroxyl groups is 1. The van der Waals surface area contributed by atoms with Crippen molar-refractivity contribution in [3.8, 4) is 11.5 Å². The fourth-order valence-electron chi connectivity index (χ4n) is 1.66. The van der Waals surface area contributed by atoms with Crippen molar-refractivity contribution in [2.24, 2.45) is 10.2 Å². The first-order chi connectivity index (χ1) is 9.81. The summed E-state index contributed by atoms with van der Waals surface area (Å²) in [6.45, 7) is 2.54. The number of phenolic OH excluding ortho intramolecular Hbond substituents is 1. The molecule has 1 N–H and O–H groups in total. The number of para-hydroxylation sites is 2. The SMILES string of the molecule is CCOc1ccccc1/C=N\N=C/c1ccccc1O. The molecule has 0 heterocycles. The van der Waals surface area contributed by atoms with Gasteiger partial charge in [0.15, 0.2) is 0 Å². The molecule has 2 aromatic rings. The lowest BCUT2D eigenvalue weighted by Gasteiger charge is -2.04. The van der Waals surface area contributed by atoms with Crippen LogP contribution in [0.1, 0.15) is 18.1 Å². The number of rotatable bonds is 5. The minimum absolute atomic E-state index is 0.182. The lowest BCUT2D eigenvalue weighted by molar-refractivity contribution is 0.340. The second kappa shape index (κ2) is 7.09. The molecule has 0 bridgehead atoms. The second-order valence-corrected chi connectivity index (χ2v) is 4.02. The van der Waals surface area contributed by atoms with Gasteiger partial charge in [-0.2, -0.15) is 10.2 Å². The van der Waals surface area contributed by atoms with Crippen LogP contribution in [0.5, 0.6) is 11.5 Å². The van der Waals surface area contributed by atoms with Crippen LogP contribution in [-0.2, 0) is 0 Å². The summed E-state index contributed by atoms with van der Waals surface area (Å²) in [5.74, 6) is 0.956. The second-order valence-electron chi connectivity index (χ2n) is 4.02. The van der Waals surface area contributed by atoms with Gasteiger partial charge in [0.2, 0.25) is 0 Å². The van der Waals surface area contributed by atoms with E-state index in [9.17, 15) is 5.11 Å². The van der Waals surface area contributed by atoms with Crippen LogP contribution in [0.3, 0.4) is 0 Å². The van der Waals surface area contributed by atoms with Gasteiger partial charge >= 0.3 is 0 Å². The molecule has 4 nitrogen and oxygen atoms in total. The van der Waals surface area contributed by atoms with E-state index >= 15 is 0 Å². The Morgan fingerprint density at radius 1 is 0.950 bits per heavy atom. The quantitative estimate of drug-likeness (QED) is 0.668.